The van der Waals surface area contributed by atoms with Gasteiger partial charge in [-0.3, -0.25) is 0 Å². The Bertz CT molecular complexity index is 340. The SMILES string of the molecule is COCCNCc1ccc(SCC(F)(F)F)cc1. The molecule has 0 spiro atoms. The molecule has 0 aromatic heterocycles. The molecule has 1 N–H and O–H groups in total. The molecule has 0 bridgehead atoms. The van der Waals surface area contributed by atoms with Crippen LogP contribution in [-0.4, -0.2) is 32.2 Å². The van der Waals surface area contributed by atoms with E-state index in [4.69, 9.17) is 4.74 Å². The van der Waals surface area contributed by atoms with Crippen molar-refractivity contribution in [3.63, 3.8) is 0 Å². The molecule has 1 rings (SSSR count). The molecule has 2 nitrogen and oxygen atoms in total. The van der Waals surface area contributed by atoms with Crippen LogP contribution in [0, 0.1) is 0 Å². The molecule has 0 heterocycles. The highest BCUT2D eigenvalue weighted by atomic mass is 32.2. The molecule has 0 amide bonds. The van der Waals surface area contributed by atoms with E-state index in [2.05, 4.69) is 5.32 Å². The van der Waals surface area contributed by atoms with Gasteiger partial charge in [0.1, 0.15) is 0 Å². The molecule has 1 aromatic carbocycles. The van der Waals surface area contributed by atoms with Crippen molar-refractivity contribution in [3.8, 4) is 0 Å². The molecule has 0 saturated carbocycles. The molecule has 0 aliphatic heterocycles. The second kappa shape index (κ2) is 7.66. The van der Waals surface area contributed by atoms with Crippen LogP contribution in [0.15, 0.2) is 29.2 Å². The van der Waals surface area contributed by atoms with Gasteiger partial charge in [-0.05, 0) is 17.7 Å². The van der Waals surface area contributed by atoms with Crippen LogP contribution in [0.25, 0.3) is 0 Å². The maximum Gasteiger partial charge on any atom is 0.398 e. The van der Waals surface area contributed by atoms with Crippen molar-refractivity contribution in [2.45, 2.75) is 17.6 Å². The van der Waals surface area contributed by atoms with Gasteiger partial charge in [0.25, 0.3) is 0 Å². The summed E-state index contributed by atoms with van der Waals surface area (Å²) < 4.78 is 40.9. The first-order valence-corrected chi connectivity index (χ1v) is 6.48. The van der Waals surface area contributed by atoms with E-state index in [9.17, 15) is 13.2 Å². The highest BCUT2D eigenvalue weighted by Crippen LogP contribution is 2.27. The van der Waals surface area contributed by atoms with E-state index in [0.29, 0.717) is 18.0 Å². The number of nitrogens with one attached hydrogen (secondary N) is 1. The summed E-state index contributed by atoms with van der Waals surface area (Å²) in [6.45, 7) is 2.08. The maximum absolute atomic E-state index is 12.0. The lowest BCUT2D eigenvalue weighted by Crippen LogP contribution is -2.18. The zero-order valence-corrected chi connectivity index (χ0v) is 10.9. The quantitative estimate of drug-likeness (QED) is 0.612. The van der Waals surface area contributed by atoms with Crippen LogP contribution >= 0.6 is 11.8 Å². The number of thioether (sulfide) groups is 1. The van der Waals surface area contributed by atoms with Crippen LogP contribution in [-0.2, 0) is 11.3 Å². The predicted molar refractivity (Wildman–Crippen MR) is 66.8 cm³/mol. The first-order chi connectivity index (χ1) is 8.51. The van der Waals surface area contributed by atoms with Crippen LogP contribution in [0.3, 0.4) is 0 Å². The minimum Gasteiger partial charge on any atom is -0.383 e. The summed E-state index contributed by atoms with van der Waals surface area (Å²) in [4.78, 5) is 0.632. The molecule has 0 unspecified atom stereocenters. The summed E-state index contributed by atoms with van der Waals surface area (Å²) in [5.74, 6) is -0.849. The Balaban J connectivity index is 2.33. The fraction of sp³-hybridized carbons (Fsp3) is 0.500. The van der Waals surface area contributed by atoms with E-state index in [1.807, 2.05) is 12.1 Å². The largest absolute Gasteiger partial charge is 0.398 e. The zero-order chi connectivity index (χ0) is 13.4. The molecule has 0 saturated heterocycles. The monoisotopic (exact) mass is 279 g/mol. The van der Waals surface area contributed by atoms with Crippen LogP contribution < -0.4 is 5.32 Å². The minimum atomic E-state index is -4.12. The Morgan fingerprint density at radius 2 is 1.89 bits per heavy atom. The molecule has 0 atom stereocenters. The molecular weight excluding hydrogens is 263 g/mol. The molecule has 0 aliphatic carbocycles. The molecule has 1 aromatic rings. The molecule has 0 radical (unpaired) electrons. The second-order valence-corrected chi connectivity index (χ2v) is 4.77. The Kier molecular flexibility index (Phi) is 6.52. The van der Waals surface area contributed by atoms with Crippen LogP contribution in [0.5, 0.6) is 0 Å². The lowest BCUT2D eigenvalue weighted by molar-refractivity contribution is -0.105. The standard InChI is InChI=1S/C12H16F3NOS/c1-17-7-6-16-8-10-2-4-11(5-3-10)18-9-12(13,14)15/h2-5,16H,6-9H2,1H3. The van der Waals surface area contributed by atoms with Gasteiger partial charge in [-0.15, -0.1) is 11.8 Å². The Labute approximate surface area is 109 Å². The van der Waals surface area contributed by atoms with E-state index in [-0.39, 0.29) is 0 Å². The Hall–Kier alpha value is -0.720. The highest BCUT2D eigenvalue weighted by molar-refractivity contribution is 7.99. The van der Waals surface area contributed by atoms with Crippen molar-refractivity contribution in [2.24, 2.45) is 0 Å². The summed E-state index contributed by atoms with van der Waals surface area (Å²) in [5.41, 5.74) is 1.04. The average molecular weight is 279 g/mol. The lowest BCUT2D eigenvalue weighted by atomic mass is 10.2. The average Bonchev–Trinajstić information content (AvgIpc) is 2.33. The van der Waals surface area contributed by atoms with Gasteiger partial charge in [0.05, 0.1) is 12.4 Å². The number of benzene rings is 1. The van der Waals surface area contributed by atoms with Gasteiger partial charge in [0.2, 0.25) is 0 Å². The number of hydrogen-bond acceptors (Lipinski definition) is 3. The van der Waals surface area contributed by atoms with Crippen molar-refractivity contribution < 1.29 is 17.9 Å². The van der Waals surface area contributed by atoms with Gasteiger partial charge in [0.15, 0.2) is 0 Å². The van der Waals surface area contributed by atoms with E-state index < -0.39 is 11.9 Å². The number of hydrogen-bond donors (Lipinski definition) is 1. The van der Waals surface area contributed by atoms with Crippen LogP contribution in [0.4, 0.5) is 13.2 Å². The number of alkyl halides is 3. The van der Waals surface area contributed by atoms with E-state index >= 15 is 0 Å². The Morgan fingerprint density at radius 3 is 2.44 bits per heavy atom. The van der Waals surface area contributed by atoms with Crippen molar-refractivity contribution in [3.05, 3.63) is 29.8 Å². The van der Waals surface area contributed by atoms with Crippen molar-refractivity contribution in [1.29, 1.82) is 0 Å². The molecular formula is C12H16F3NOS. The number of ether oxygens (including phenoxy) is 1. The van der Waals surface area contributed by atoms with Gasteiger partial charge in [-0.25, -0.2) is 0 Å². The number of methoxy groups -OCH3 is 1. The fourth-order valence-electron chi connectivity index (χ4n) is 1.28. The van der Waals surface area contributed by atoms with E-state index in [0.717, 1.165) is 23.9 Å². The van der Waals surface area contributed by atoms with Gasteiger partial charge >= 0.3 is 6.18 Å². The summed E-state index contributed by atoms with van der Waals surface area (Å²) in [7, 11) is 1.63. The third kappa shape index (κ3) is 6.88. The fourth-order valence-corrected chi connectivity index (χ4v) is 1.93. The first-order valence-electron chi connectivity index (χ1n) is 5.49. The van der Waals surface area contributed by atoms with Crippen molar-refractivity contribution in [1.82, 2.24) is 5.32 Å². The molecule has 6 heteroatoms. The summed E-state index contributed by atoms with van der Waals surface area (Å²) >= 11 is 0.803. The molecule has 102 valence electrons. The second-order valence-electron chi connectivity index (χ2n) is 3.72. The van der Waals surface area contributed by atoms with Crippen molar-refractivity contribution >= 4 is 11.8 Å². The van der Waals surface area contributed by atoms with Gasteiger partial charge in [-0.1, -0.05) is 12.1 Å². The number of halogens is 3. The van der Waals surface area contributed by atoms with Gasteiger partial charge < -0.3 is 10.1 Å². The van der Waals surface area contributed by atoms with E-state index in [1.165, 1.54) is 0 Å². The third-order valence-corrected chi connectivity index (χ3v) is 3.22. The van der Waals surface area contributed by atoms with Crippen LogP contribution in [0.1, 0.15) is 5.56 Å². The summed E-state index contributed by atoms with van der Waals surface area (Å²) in [6.07, 6.45) is -4.12. The topological polar surface area (TPSA) is 21.3 Å². The molecule has 0 aliphatic rings. The summed E-state index contributed by atoms with van der Waals surface area (Å²) in [6, 6.07) is 7.09. The predicted octanol–water partition coefficient (Wildman–Crippen LogP) is 3.08. The minimum absolute atomic E-state index is 0.632. The zero-order valence-electron chi connectivity index (χ0n) is 10.1. The van der Waals surface area contributed by atoms with Crippen molar-refractivity contribution in [2.75, 3.05) is 26.0 Å². The summed E-state index contributed by atoms with van der Waals surface area (Å²) in [5, 5.41) is 3.17. The van der Waals surface area contributed by atoms with Gasteiger partial charge in [-0.2, -0.15) is 13.2 Å². The highest BCUT2D eigenvalue weighted by Gasteiger charge is 2.27. The molecule has 18 heavy (non-hydrogen) atoms. The van der Waals surface area contributed by atoms with Crippen LogP contribution in [0.2, 0.25) is 0 Å². The number of rotatable bonds is 7. The van der Waals surface area contributed by atoms with Gasteiger partial charge in [0, 0.05) is 25.1 Å². The third-order valence-electron chi connectivity index (χ3n) is 2.14. The Morgan fingerprint density at radius 1 is 1.22 bits per heavy atom. The first kappa shape index (κ1) is 15.3. The smallest absolute Gasteiger partial charge is 0.383 e. The van der Waals surface area contributed by atoms with E-state index in [1.54, 1.807) is 19.2 Å². The molecule has 0 fully saturated rings. The maximum atomic E-state index is 12.0. The normalized spacial score (nSPS) is 11.8. The lowest BCUT2D eigenvalue weighted by Gasteiger charge is -2.07.